The molecule has 2 rings (SSSR count). The van der Waals surface area contributed by atoms with E-state index in [4.69, 9.17) is 0 Å². The van der Waals surface area contributed by atoms with Crippen molar-refractivity contribution in [3.05, 3.63) is 29.3 Å². The van der Waals surface area contributed by atoms with Crippen LogP contribution in [0.3, 0.4) is 0 Å². The summed E-state index contributed by atoms with van der Waals surface area (Å²) in [5.41, 5.74) is 2.42. The number of hydrogen-bond donors (Lipinski definition) is 2. The first-order valence-corrected chi connectivity index (χ1v) is 9.09. The molecule has 0 radical (unpaired) electrons. The number of carbonyl (C=O) groups is 1. The van der Waals surface area contributed by atoms with Crippen molar-refractivity contribution < 1.29 is 13.2 Å². The minimum Gasteiger partial charge on any atom is -0.385 e. The number of sulfone groups is 1. The molecule has 0 aromatic heterocycles. The number of hydrogen-bond acceptors (Lipinski definition) is 4. The Hall–Kier alpha value is -1.56. The zero-order valence-electron chi connectivity index (χ0n) is 12.5. The first-order chi connectivity index (χ1) is 9.91. The Morgan fingerprint density at radius 3 is 2.81 bits per heavy atom. The second-order valence-corrected chi connectivity index (χ2v) is 7.74. The van der Waals surface area contributed by atoms with Gasteiger partial charge >= 0.3 is 0 Å². The van der Waals surface area contributed by atoms with Gasteiger partial charge in [-0.1, -0.05) is 6.07 Å². The van der Waals surface area contributed by atoms with Crippen molar-refractivity contribution in [3.63, 3.8) is 0 Å². The van der Waals surface area contributed by atoms with Gasteiger partial charge in [-0.2, -0.15) is 0 Å². The van der Waals surface area contributed by atoms with Gasteiger partial charge in [-0.25, -0.2) is 8.42 Å². The highest BCUT2D eigenvalue weighted by Gasteiger charge is 2.26. The molecule has 1 atom stereocenters. The third-order valence-corrected chi connectivity index (χ3v) is 5.41. The number of benzene rings is 1. The van der Waals surface area contributed by atoms with E-state index in [1.54, 1.807) is 6.07 Å². The van der Waals surface area contributed by atoms with Crippen LogP contribution in [-0.2, 0) is 9.84 Å². The molecule has 1 aromatic carbocycles. The summed E-state index contributed by atoms with van der Waals surface area (Å²) < 4.78 is 23.3. The van der Waals surface area contributed by atoms with Crippen LogP contribution < -0.4 is 10.6 Å². The third-order valence-electron chi connectivity index (χ3n) is 3.59. The van der Waals surface area contributed by atoms with Gasteiger partial charge in [0.05, 0.1) is 17.1 Å². The molecular formula is C15H22N2O3S. The highest BCUT2D eigenvalue weighted by atomic mass is 32.2. The molecule has 1 aliphatic rings. The molecule has 1 heterocycles. The van der Waals surface area contributed by atoms with Crippen molar-refractivity contribution in [3.8, 4) is 0 Å². The van der Waals surface area contributed by atoms with Crippen LogP contribution in [0.15, 0.2) is 18.2 Å². The number of aryl methyl sites for hydroxylation is 1. The third kappa shape index (κ3) is 4.20. The summed E-state index contributed by atoms with van der Waals surface area (Å²) in [7, 11) is -3.02. The van der Waals surface area contributed by atoms with E-state index in [0.29, 0.717) is 18.4 Å². The summed E-state index contributed by atoms with van der Waals surface area (Å²) in [6.45, 7) is 4.66. The van der Waals surface area contributed by atoms with E-state index in [1.165, 1.54) is 0 Å². The Kier molecular flexibility index (Phi) is 4.88. The molecule has 2 N–H and O–H groups in total. The molecule has 116 valence electrons. The molecule has 5 nitrogen and oxygen atoms in total. The average molecular weight is 310 g/mol. The second kappa shape index (κ2) is 6.47. The molecule has 0 bridgehead atoms. The molecular weight excluding hydrogens is 288 g/mol. The fourth-order valence-electron chi connectivity index (χ4n) is 2.59. The first kappa shape index (κ1) is 15.8. The van der Waals surface area contributed by atoms with Gasteiger partial charge in [0, 0.05) is 18.3 Å². The van der Waals surface area contributed by atoms with Gasteiger partial charge in [0.2, 0.25) is 0 Å². The summed E-state index contributed by atoms with van der Waals surface area (Å²) >= 11 is 0. The zero-order chi connectivity index (χ0) is 15.5. The van der Waals surface area contributed by atoms with Gasteiger partial charge in [-0.05, 0) is 44.4 Å². The molecule has 6 heteroatoms. The lowest BCUT2D eigenvalue weighted by Gasteiger charge is -2.23. The lowest BCUT2D eigenvalue weighted by Crippen LogP contribution is -2.43. The zero-order valence-corrected chi connectivity index (χ0v) is 13.3. The number of nitrogens with one attached hydrogen (secondary N) is 2. The van der Waals surface area contributed by atoms with Gasteiger partial charge in [-0.3, -0.25) is 4.79 Å². The molecule has 1 aliphatic heterocycles. The van der Waals surface area contributed by atoms with Crippen molar-refractivity contribution in [1.29, 1.82) is 0 Å². The van der Waals surface area contributed by atoms with E-state index in [2.05, 4.69) is 10.6 Å². The molecule has 1 aromatic rings. The number of amides is 1. The number of carbonyl (C=O) groups excluding carboxylic acids is 1. The van der Waals surface area contributed by atoms with Gasteiger partial charge in [0.25, 0.3) is 5.91 Å². The fraction of sp³-hybridized carbons (Fsp3) is 0.533. The fourth-order valence-corrected chi connectivity index (χ4v) is 4.23. The topological polar surface area (TPSA) is 75.3 Å². The van der Waals surface area contributed by atoms with E-state index in [0.717, 1.165) is 17.8 Å². The summed E-state index contributed by atoms with van der Waals surface area (Å²) in [6, 6.07) is 5.30. The highest BCUT2D eigenvalue weighted by molar-refractivity contribution is 7.91. The van der Waals surface area contributed by atoms with Crippen LogP contribution >= 0.6 is 0 Å². The van der Waals surface area contributed by atoms with E-state index in [1.807, 2.05) is 26.0 Å². The largest absolute Gasteiger partial charge is 0.385 e. The number of rotatable bonds is 4. The quantitative estimate of drug-likeness (QED) is 0.888. The Morgan fingerprint density at radius 2 is 2.14 bits per heavy atom. The van der Waals surface area contributed by atoms with Crippen LogP contribution in [0.4, 0.5) is 5.69 Å². The van der Waals surface area contributed by atoms with Crippen molar-refractivity contribution in [1.82, 2.24) is 5.32 Å². The predicted molar refractivity (Wildman–Crippen MR) is 84.5 cm³/mol. The summed E-state index contributed by atoms with van der Waals surface area (Å²) in [6.07, 6.45) is 1.33. The van der Waals surface area contributed by atoms with Crippen molar-refractivity contribution in [2.45, 2.75) is 32.7 Å². The molecule has 1 saturated heterocycles. The van der Waals surface area contributed by atoms with E-state index >= 15 is 0 Å². The molecule has 1 unspecified atom stereocenters. The Bertz CT molecular complexity index is 626. The van der Waals surface area contributed by atoms with Crippen LogP contribution in [0.2, 0.25) is 0 Å². The Balaban J connectivity index is 2.13. The SMILES string of the molecule is CCNc1cc(C)ccc1C(=O)NC1CCCS(=O)(=O)C1. The van der Waals surface area contributed by atoms with Crippen LogP contribution in [0.5, 0.6) is 0 Å². The summed E-state index contributed by atoms with van der Waals surface area (Å²) in [5.74, 6) is 0.0567. The normalized spacial score (nSPS) is 20.8. The molecule has 0 aliphatic carbocycles. The maximum absolute atomic E-state index is 12.4. The molecule has 0 saturated carbocycles. The van der Waals surface area contributed by atoms with E-state index < -0.39 is 9.84 Å². The van der Waals surface area contributed by atoms with Crippen molar-refractivity contribution in [2.24, 2.45) is 0 Å². The standard InChI is InChI=1S/C15H22N2O3S/c1-3-16-14-9-11(2)6-7-13(14)15(18)17-12-5-4-8-21(19,20)10-12/h6-7,9,12,16H,3-5,8,10H2,1-2H3,(H,17,18). The second-order valence-electron chi connectivity index (χ2n) is 5.51. The Morgan fingerprint density at radius 1 is 1.38 bits per heavy atom. The summed E-state index contributed by atoms with van der Waals surface area (Å²) in [4.78, 5) is 12.4. The number of anilines is 1. The molecule has 0 spiro atoms. The molecule has 1 fully saturated rings. The van der Waals surface area contributed by atoms with Crippen LogP contribution in [0, 0.1) is 6.92 Å². The minimum atomic E-state index is -3.02. The lowest BCUT2D eigenvalue weighted by atomic mass is 10.1. The van der Waals surface area contributed by atoms with Crippen LogP contribution in [0.1, 0.15) is 35.7 Å². The predicted octanol–water partition coefficient (Wildman–Crippen LogP) is 1.73. The maximum Gasteiger partial charge on any atom is 0.253 e. The smallest absolute Gasteiger partial charge is 0.253 e. The maximum atomic E-state index is 12.4. The first-order valence-electron chi connectivity index (χ1n) is 7.27. The van der Waals surface area contributed by atoms with E-state index in [9.17, 15) is 13.2 Å². The van der Waals surface area contributed by atoms with E-state index in [-0.39, 0.29) is 23.5 Å². The summed E-state index contributed by atoms with van der Waals surface area (Å²) in [5, 5.41) is 6.02. The van der Waals surface area contributed by atoms with Crippen LogP contribution in [-0.4, -0.2) is 38.4 Å². The van der Waals surface area contributed by atoms with Crippen molar-refractivity contribution in [2.75, 3.05) is 23.4 Å². The van der Waals surface area contributed by atoms with Crippen molar-refractivity contribution >= 4 is 21.4 Å². The average Bonchev–Trinajstić information content (AvgIpc) is 2.37. The lowest BCUT2D eigenvalue weighted by molar-refractivity contribution is 0.0939. The van der Waals surface area contributed by atoms with Gasteiger partial charge in [0.15, 0.2) is 9.84 Å². The molecule has 1 amide bonds. The minimum absolute atomic E-state index is 0.0428. The molecule has 21 heavy (non-hydrogen) atoms. The Labute approximate surface area is 126 Å². The highest BCUT2D eigenvalue weighted by Crippen LogP contribution is 2.19. The van der Waals surface area contributed by atoms with Gasteiger partial charge in [-0.15, -0.1) is 0 Å². The van der Waals surface area contributed by atoms with Gasteiger partial charge < -0.3 is 10.6 Å². The van der Waals surface area contributed by atoms with Crippen LogP contribution in [0.25, 0.3) is 0 Å². The van der Waals surface area contributed by atoms with Gasteiger partial charge in [0.1, 0.15) is 0 Å². The monoisotopic (exact) mass is 310 g/mol.